The number of fused-ring (bicyclic) bond motifs is 5. The number of benzene rings is 8. The molecule has 398 valence electrons. The summed E-state index contributed by atoms with van der Waals surface area (Å²) in [6.45, 7) is 29.0. The van der Waals surface area contributed by atoms with Crippen LogP contribution in [0.25, 0.3) is 61.0 Å². The number of hydrogen-bond donors (Lipinski definition) is 0. The first-order valence-corrected chi connectivity index (χ1v) is 27.8. The Bertz CT molecular complexity index is 4450. The van der Waals surface area contributed by atoms with E-state index in [0.717, 1.165) is 63.4 Å². The van der Waals surface area contributed by atoms with E-state index in [1.54, 1.807) is 6.20 Å². The summed E-state index contributed by atoms with van der Waals surface area (Å²) in [5, 5.41) is 1.04. The molecule has 0 saturated heterocycles. The molecule has 0 bridgehead atoms. The first-order valence-electron chi connectivity index (χ1n) is 31.8. The molecule has 0 radical (unpaired) electrons. The fourth-order valence-electron chi connectivity index (χ4n) is 11.7. The Hall–Kier alpha value is -7.89. The minimum absolute atomic E-state index is 0.0258. The van der Waals surface area contributed by atoms with Gasteiger partial charge in [0.05, 0.1) is 39.1 Å². The molecule has 1 aliphatic carbocycles. The van der Waals surface area contributed by atoms with Gasteiger partial charge in [0, 0.05) is 45.9 Å². The van der Waals surface area contributed by atoms with Gasteiger partial charge in [0.15, 0.2) is 0 Å². The Labute approximate surface area is 480 Å². The average molecular weight is 1050 g/mol. The molecule has 0 amide bonds. The number of pyridine rings is 1. The normalized spacial score (nSPS) is 16.6. The van der Waals surface area contributed by atoms with Gasteiger partial charge < -0.3 is 14.5 Å². The molecular weight excluding hydrogens is 961 g/mol. The lowest BCUT2D eigenvalue weighted by Crippen LogP contribution is -2.33. The highest BCUT2D eigenvalue weighted by molar-refractivity contribution is 6.09. The van der Waals surface area contributed by atoms with E-state index in [0.29, 0.717) is 56.9 Å². The summed E-state index contributed by atoms with van der Waals surface area (Å²) in [5.74, 6) is 1.57. The molecule has 2 aromatic heterocycles. The number of aromatic nitrogens is 2. The van der Waals surface area contributed by atoms with Crippen molar-refractivity contribution in [1.82, 2.24) is 9.55 Å². The summed E-state index contributed by atoms with van der Waals surface area (Å²) < 4.78 is 84.1. The van der Waals surface area contributed by atoms with E-state index >= 15 is 0 Å². The standard InChI is InChI=1S/C74H76N4O/c1-70(2,3)52-21-18-20-50(40-52)48-28-30-49(31-29-48)60-42-54(72(7,8)9)43-61(51-32-35-62-63(41-51)74(12,13)38-37-73(62,10)11)69(60)77-47-76(65-26-16-17-27-66(65)77)55-22-19-23-56(45-55)79-57-33-34-59-58-24-14-15-25-64(58)78(67(59)46-57)68-44-53(36-39-75-68)71(4,5)6/h14-36,39-46H,37-38,47H2,1-13H3/i14D,15D,24D,25D,28D,29D,30D,31D. The smallest absolute Gasteiger partial charge is 0.137 e. The maximum Gasteiger partial charge on any atom is 0.137 e. The number of rotatable bonds is 8. The fraction of sp³-hybridized carbons (Fsp3) is 0.284. The molecule has 1 aliphatic heterocycles. The third-order valence-electron chi connectivity index (χ3n) is 16.6. The van der Waals surface area contributed by atoms with Crippen molar-refractivity contribution in [2.45, 2.75) is 130 Å². The van der Waals surface area contributed by atoms with Crippen LogP contribution in [0.15, 0.2) is 188 Å². The molecule has 0 saturated carbocycles. The minimum atomic E-state index is -0.389. The SMILES string of the molecule is [2H]c1c([2H])c(-c2cc(C(C)(C)C)cc(-c3ccc4c(c3)C(C)(C)CCC4(C)C)c2N2CN(c3cccc(Oc4ccc5c6c([2H])c([2H])c([2H])c([2H])c6n(-c6cc(C(C)(C)C)ccn6)c5c4)c3)c3ccccc32)c([2H])c([2H])c1-c1cccc(C(C)(C)C)c1. The zero-order valence-electron chi connectivity index (χ0n) is 56.1. The largest absolute Gasteiger partial charge is 0.457 e. The second-order valence-corrected chi connectivity index (χ2v) is 26.3. The Morgan fingerprint density at radius 3 is 1.84 bits per heavy atom. The van der Waals surface area contributed by atoms with Crippen molar-refractivity contribution in [1.29, 1.82) is 0 Å². The van der Waals surface area contributed by atoms with Gasteiger partial charge in [0.1, 0.15) is 24.0 Å². The molecule has 5 nitrogen and oxygen atoms in total. The van der Waals surface area contributed by atoms with Crippen molar-refractivity contribution in [3.05, 3.63) is 216 Å². The Kier molecular flexibility index (Phi) is 10.3. The Morgan fingerprint density at radius 1 is 0.481 bits per heavy atom. The first-order chi connectivity index (χ1) is 40.9. The average Bonchev–Trinajstić information content (AvgIpc) is 1.75. The summed E-state index contributed by atoms with van der Waals surface area (Å²) in [7, 11) is 0. The van der Waals surface area contributed by atoms with Crippen molar-refractivity contribution in [3.8, 4) is 50.7 Å². The number of nitrogens with zero attached hydrogens (tertiary/aromatic N) is 4. The summed E-state index contributed by atoms with van der Waals surface area (Å²) >= 11 is 0. The molecule has 79 heavy (non-hydrogen) atoms. The lowest BCUT2D eigenvalue weighted by Gasteiger charge is -2.42. The second kappa shape index (κ2) is 18.9. The summed E-state index contributed by atoms with van der Waals surface area (Å²) in [6, 6.07) is 43.6. The lowest BCUT2D eigenvalue weighted by atomic mass is 9.63. The highest BCUT2D eigenvalue weighted by Crippen LogP contribution is 2.54. The van der Waals surface area contributed by atoms with E-state index in [-0.39, 0.29) is 86.5 Å². The lowest BCUT2D eigenvalue weighted by molar-refractivity contribution is 0.332. The molecule has 0 atom stereocenters. The van der Waals surface area contributed by atoms with E-state index in [2.05, 4.69) is 148 Å². The molecule has 5 heteroatoms. The van der Waals surface area contributed by atoms with Crippen molar-refractivity contribution >= 4 is 44.6 Å². The third kappa shape index (κ3) is 9.49. The third-order valence-corrected chi connectivity index (χ3v) is 16.6. The van der Waals surface area contributed by atoms with Gasteiger partial charge >= 0.3 is 0 Å². The molecule has 0 fully saturated rings. The minimum Gasteiger partial charge on any atom is -0.457 e. The molecule has 0 unspecified atom stereocenters. The molecule has 8 aromatic carbocycles. The molecule has 3 heterocycles. The van der Waals surface area contributed by atoms with Gasteiger partial charge in [-0.3, -0.25) is 4.57 Å². The van der Waals surface area contributed by atoms with Crippen LogP contribution >= 0.6 is 0 Å². The molecule has 0 N–H and O–H groups in total. The predicted molar refractivity (Wildman–Crippen MR) is 335 cm³/mol. The number of hydrogen-bond acceptors (Lipinski definition) is 4. The fourth-order valence-corrected chi connectivity index (χ4v) is 11.7. The van der Waals surface area contributed by atoms with Gasteiger partial charge in [0.2, 0.25) is 0 Å². The molecule has 2 aliphatic rings. The topological polar surface area (TPSA) is 33.5 Å². The van der Waals surface area contributed by atoms with Crippen LogP contribution < -0.4 is 14.5 Å². The van der Waals surface area contributed by atoms with Crippen molar-refractivity contribution in [2.75, 3.05) is 16.5 Å². The van der Waals surface area contributed by atoms with Crippen LogP contribution in [0.1, 0.15) is 142 Å². The van der Waals surface area contributed by atoms with Gasteiger partial charge in [-0.05, 0) is 157 Å². The maximum absolute atomic E-state index is 10.1. The van der Waals surface area contributed by atoms with Gasteiger partial charge in [-0.15, -0.1) is 0 Å². The summed E-state index contributed by atoms with van der Waals surface area (Å²) in [6.07, 6.45) is 3.85. The van der Waals surface area contributed by atoms with Crippen LogP contribution in [0, 0.1) is 0 Å². The van der Waals surface area contributed by atoms with Crippen molar-refractivity contribution in [2.24, 2.45) is 0 Å². The second-order valence-electron chi connectivity index (χ2n) is 26.3. The van der Waals surface area contributed by atoms with Gasteiger partial charge in [0.25, 0.3) is 0 Å². The summed E-state index contributed by atoms with van der Waals surface area (Å²) in [5.41, 5.74) is 12.8. The summed E-state index contributed by atoms with van der Waals surface area (Å²) in [4.78, 5) is 9.31. The molecule has 10 aromatic rings. The van der Waals surface area contributed by atoms with E-state index < -0.39 is 0 Å². The maximum atomic E-state index is 10.1. The van der Waals surface area contributed by atoms with E-state index in [4.69, 9.17) is 13.8 Å². The van der Waals surface area contributed by atoms with Gasteiger partial charge in [-0.25, -0.2) is 4.98 Å². The highest BCUT2D eigenvalue weighted by atomic mass is 16.5. The zero-order chi connectivity index (χ0) is 62.4. The number of para-hydroxylation sites is 3. The quantitative estimate of drug-likeness (QED) is 0.152. The van der Waals surface area contributed by atoms with Crippen LogP contribution in [0.2, 0.25) is 0 Å². The van der Waals surface area contributed by atoms with Gasteiger partial charge in [-0.1, -0.05) is 193 Å². The van der Waals surface area contributed by atoms with Crippen LogP contribution in [-0.4, -0.2) is 16.2 Å². The van der Waals surface area contributed by atoms with E-state index in [9.17, 15) is 6.85 Å². The van der Waals surface area contributed by atoms with Crippen molar-refractivity contribution < 1.29 is 15.7 Å². The van der Waals surface area contributed by atoms with Crippen LogP contribution in [0.5, 0.6) is 11.5 Å². The zero-order valence-corrected chi connectivity index (χ0v) is 48.1. The van der Waals surface area contributed by atoms with Crippen LogP contribution in [0.4, 0.5) is 22.7 Å². The molecule has 0 spiro atoms. The van der Waals surface area contributed by atoms with E-state index in [1.165, 1.54) is 11.1 Å². The predicted octanol–water partition coefficient (Wildman–Crippen LogP) is 20.5. The molecular formula is C74H76N4O. The number of anilines is 4. The number of ether oxygens (including phenoxy) is 1. The van der Waals surface area contributed by atoms with Gasteiger partial charge in [-0.2, -0.15) is 0 Å². The van der Waals surface area contributed by atoms with Crippen molar-refractivity contribution in [3.63, 3.8) is 0 Å². The highest BCUT2D eigenvalue weighted by Gasteiger charge is 2.38. The van der Waals surface area contributed by atoms with Crippen LogP contribution in [-0.2, 0) is 27.1 Å². The monoisotopic (exact) mass is 1040 g/mol. The Morgan fingerprint density at radius 2 is 1.11 bits per heavy atom. The van der Waals surface area contributed by atoms with E-state index in [1.807, 2.05) is 89.5 Å². The first kappa shape index (κ1) is 43.0. The molecule has 12 rings (SSSR count). The van der Waals surface area contributed by atoms with Crippen LogP contribution in [0.3, 0.4) is 0 Å². The Balaban J connectivity index is 1.03.